The van der Waals surface area contributed by atoms with Crippen molar-refractivity contribution in [1.29, 1.82) is 0 Å². The van der Waals surface area contributed by atoms with Crippen molar-refractivity contribution in [3.63, 3.8) is 0 Å². The summed E-state index contributed by atoms with van der Waals surface area (Å²) in [5, 5.41) is 0. The van der Waals surface area contributed by atoms with Crippen molar-refractivity contribution in [3.8, 4) is 0 Å². The molecule has 1 atom stereocenters. The highest BCUT2D eigenvalue weighted by molar-refractivity contribution is 5.78. The number of hydrogen-bond donors (Lipinski definition) is 0. The Kier molecular flexibility index (Phi) is 5.86. The fourth-order valence-corrected chi connectivity index (χ4v) is 1.69. The Bertz CT molecular complexity index is 448. The molecule has 1 aromatic carbocycles. The zero-order chi connectivity index (χ0) is 14.3. The first-order valence-electron chi connectivity index (χ1n) is 6.37. The van der Waals surface area contributed by atoms with Gasteiger partial charge in [-0.2, -0.15) is 0 Å². The number of carbonyl (C=O) groups excluding carboxylic acids is 1. The topological polar surface area (TPSA) is 35.5 Å². The molecule has 1 aromatic rings. The average molecular weight is 260 g/mol. The van der Waals surface area contributed by atoms with Crippen molar-refractivity contribution >= 4 is 11.7 Å². The lowest BCUT2D eigenvalue weighted by Gasteiger charge is -2.20. The summed E-state index contributed by atoms with van der Waals surface area (Å²) >= 11 is 0. The molecule has 0 bridgehead atoms. The molecule has 19 heavy (non-hydrogen) atoms. The monoisotopic (exact) mass is 260 g/mol. The van der Waals surface area contributed by atoms with Crippen molar-refractivity contribution in [2.45, 2.75) is 26.4 Å². The van der Waals surface area contributed by atoms with E-state index < -0.39 is 12.3 Å². The molecule has 3 nitrogen and oxygen atoms in total. The summed E-state index contributed by atoms with van der Waals surface area (Å²) < 4.78 is 10.0. The van der Waals surface area contributed by atoms with Gasteiger partial charge >= 0.3 is 6.16 Å². The van der Waals surface area contributed by atoms with E-state index in [4.69, 9.17) is 9.47 Å². The highest BCUT2D eigenvalue weighted by Crippen LogP contribution is 2.25. The lowest BCUT2D eigenvalue weighted by Crippen LogP contribution is -2.20. The summed E-state index contributed by atoms with van der Waals surface area (Å²) in [4.78, 5) is 11.4. The normalized spacial score (nSPS) is 11.5. The van der Waals surface area contributed by atoms with Crippen molar-refractivity contribution < 1.29 is 14.3 Å². The van der Waals surface area contributed by atoms with Crippen LogP contribution in [0.25, 0.3) is 5.57 Å². The van der Waals surface area contributed by atoms with Crippen LogP contribution in [0.15, 0.2) is 49.1 Å². The Morgan fingerprint density at radius 1 is 1.21 bits per heavy atom. The quantitative estimate of drug-likeness (QED) is 0.568. The molecule has 1 unspecified atom stereocenters. The van der Waals surface area contributed by atoms with Gasteiger partial charge in [-0.3, -0.25) is 0 Å². The van der Waals surface area contributed by atoms with Crippen molar-refractivity contribution in [2.24, 2.45) is 0 Å². The first kappa shape index (κ1) is 15.0. The first-order valence-corrected chi connectivity index (χ1v) is 6.37. The van der Waals surface area contributed by atoms with Crippen LogP contribution in [-0.2, 0) is 9.47 Å². The predicted molar refractivity (Wildman–Crippen MR) is 76.8 cm³/mol. The van der Waals surface area contributed by atoms with Gasteiger partial charge in [0.05, 0.1) is 6.61 Å². The van der Waals surface area contributed by atoms with E-state index in [0.717, 1.165) is 11.1 Å². The maximum absolute atomic E-state index is 11.4. The van der Waals surface area contributed by atoms with Gasteiger partial charge in [0.2, 0.25) is 0 Å². The Morgan fingerprint density at radius 3 is 2.37 bits per heavy atom. The summed E-state index contributed by atoms with van der Waals surface area (Å²) in [6.07, 6.45) is -0.452. The Labute approximate surface area is 114 Å². The van der Waals surface area contributed by atoms with Crippen LogP contribution < -0.4 is 0 Å². The van der Waals surface area contributed by atoms with Crippen LogP contribution in [0.4, 0.5) is 4.79 Å². The van der Waals surface area contributed by atoms with Crippen molar-refractivity contribution in [2.75, 3.05) is 6.61 Å². The van der Waals surface area contributed by atoms with Crippen LogP contribution in [-0.4, -0.2) is 18.9 Å². The van der Waals surface area contributed by atoms with E-state index in [-0.39, 0.29) is 0 Å². The van der Waals surface area contributed by atoms with E-state index >= 15 is 0 Å². The second-order valence-corrected chi connectivity index (χ2v) is 4.07. The third-order valence-corrected chi connectivity index (χ3v) is 2.77. The minimum Gasteiger partial charge on any atom is -0.435 e. The van der Waals surface area contributed by atoms with E-state index in [1.54, 1.807) is 6.92 Å². The summed E-state index contributed by atoms with van der Waals surface area (Å²) in [7, 11) is 0. The minimum absolute atomic E-state index is 0.293. The molecule has 3 heteroatoms. The maximum atomic E-state index is 11.4. The van der Waals surface area contributed by atoms with E-state index in [1.807, 2.05) is 37.3 Å². The van der Waals surface area contributed by atoms with Crippen LogP contribution in [0.2, 0.25) is 0 Å². The number of ether oxygens (including phenoxy) is 2. The highest BCUT2D eigenvalue weighted by Gasteiger charge is 2.19. The van der Waals surface area contributed by atoms with Gasteiger partial charge in [-0.05, 0) is 30.1 Å². The molecular formula is C16H20O3. The van der Waals surface area contributed by atoms with Gasteiger partial charge in [0.1, 0.15) is 6.10 Å². The standard InChI is InChI=1S/C16H20O3/c1-5-15(19-16(17)18-6-2)13(4)12(3)14-10-8-7-9-11-14/h7-11,15H,3-6H2,1-2H3. The first-order chi connectivity index (χ1) is 9.10. The van der Waals surface area contributed by atoms with Gasteiger partial charge in [0.15, 0.2) is 0 Å². The van der Waals surface area contributed by atoms with E-state index in [9.17, 15) is 4.79 Å². The number of rotatable bonds is 6. The molecule has 0 aromatic heterocycles. The van der Waals surface area contributed by atoms with Crippen LogP contribution in [0.5, 0.6) is 0 Å². The van der Waals surface area contributed by atoms with E-state index in [0.29, 0.717) is 18.6 Å². The van der Waals surface area contributed by atoms with Crippen molar-refractivity contribution in [3.05, 3.63) is 54.6 Å². The zero-order valence-electron chi connectivity index (χ0n) is 11.5. The second-order valence-electron chi connectivity index (χ2n) is 4.07. The molecular weight excluding hydrogens is 240 g/mol. The number of hydrogen-bond acceptors (Lipinski definition) is 3. The summed E-state index contributed by atoms with van der Waals surface area (Å²) in [6, 6.07) is 9.70. The highest BCUT2D eigenvalue weighted by atomic mass is 16.7. The summed E-state index contributed by atoms with van der Waals surface area (Å²) in [5.41, 5.74) is 2.44. The molecule has 0 aliphatic carbocycles. The molecule has 0 aliphatic rings. The Balaban J connectivity index is 2.73. The van der Waals surface area contributed by atoms with Gasteiger partial charge in [-0.15, -0.1) is 0 Å². The van der Waals surface area contributed by atoms with Crippen LogP contribution in [0.3, 0.4) is 0 Å². The average Bonchev–Trinajstić information content (AvgIpc) is 2.44. The van der Waals surface area contributed by atoms with Crippen molar-refractivity contribution in [1.82, 2.24) is 0 Å². The minimum atomic E-state index is -0.670. The van der Waals surface area contributed by atoms with Gasteiger partial charge in [0, 0.05) is 0 Å². The molecule has 1 rings (SSSR count). The molecule has 0 saturated heterocycles. The van der Waals surface area contributed by atoms with Gasteiger partial charge in [0.25, 0.3) is 0 Å². The number of carbonyl (C=O) groups is 1. The predicted octanol–water partition coefficient (Wildman–Crippen LogP) is 4.21. The lowest BCUT2D eigenvalue weighted by atomic mass is 9.95. The Hall–Kier alpha value is -2.03. The molecule has 0 aliphatic heterocycles. The van der Waals surface area contributed by atoms with E-state index in [2.05, 4.69) is 13.2 Å². The smallest absolute Gasteiger partial charge is 0.435 e. The third-order valence-electron chi connectivity index (χ3n) is 2.77. The van der Waals surface area contributed by atoms with Crippen LogP contribution in [0.1, 0.15) is 25.8 Å². The molecule has 0 saturated carbocycles. The largest absolute Gasteiger partial charge is 0.508 e. The molecule has 0 N–H and O–H groups in total. The summed E-state index contributed by atoms with van der Waals surface area (Å²) in [5.74, 6) is 0. The SMILES string of the molecule is C=C(C(=C)C(CC)OC(=O)OCC)c1ccccc1. The fourth-order valence-electron chi connectivity index (χ4n) is 1.69. The van der Waals surface area contributed by atoms with Gasteiger partial charge in [-0.25, -0.2) is 4.79 Å². The van der Waals surface area contributed by atoms with Crippen LogP contribution in [0, 0.1) is 0 Å². The molecule has 102 valence electrons. The molecule has 0 spiro atoms. The number of benzene rings is 1. The fraction of sp³-hybridized carbons (Fsp3) is 0.312. The third kappa shape index (κ3) is 4.28. The molecule has 0 heterocycles. The lowest BCUT2D eigenvalue weighted by molar-refractivity contribution is 0.0377. The maximum Gasteiger partial charge on any atom is 0.508 e. The van der Waals surface area contributed by atoms with E-state index in [1.165, 1.54) is 0 Å². The Morgan fingerprint density at radius 2 is 1.84 bits per heavy atom. The second kappa shape index (κ2) is 7.41. The van der Waals surface area contributed by atoms with Gasteiger partial charge in [-0.1, -0.05) is 50.4 Å². The molecule has 0 fully saturated rings. The zero-order valence-corrected chi connectivity index (χ0v) is 11.5. The summed E-state index contributed by atoms with van der Waals surface area (Å²) in [6.45, 7) is 12.0. The molecule has 0 amide bonds. The van der Waals surface area contributed by atoms with Crippen LogP contribution >= 0.6 is 0 Å². The molecule has 0 radical (unpaired) electrons. The van der Waals surface area contributed by atoms with Gasteiger partial charge < -0.3 is 9.47 Å².